The fourth-order valence-electron chi connectivity index (χ4n) is 1.46. The van der Waals surface area contributed by atoms with Gasteiger partial charge in [-0.15, -0.1) is 0 Å². The first-order chi connectivity index (χ1) is 8.83. The Labute approximate surface area is 109 Å². The van der Waals surface area contributed by atoms with Crippen molar-refractivity contribution in [2.75, 3.05) is 0 Å². The van der Waals surface area contributed by atoms with Crippen molar-refractivity contribution < 1.29 is 4.39 Å². The van der Waals surface area contributed by atoms with Crippen LogP contribution in [-0.4, -0.2) is 0 Å². The largest absolute Gasteiger partial charge is 0.197 e. The zero-order valence-electron chi connectivity index (χ0n) is 10.8. The first-order valence-corrected chi connectivity index (χ1v) is 6.40. The molecule has 0 saturated heterocycles. The van der Waals surface area contributed by atoms with Crippen LogP contribution in [0.15, 0.2) is 48.3 Å². The minimum atomic E-state index is -0.376. The third-order valence-electron chi connectivity index (χ3n) is 2.44. The predicted octanol–water partition coefficient (Wildman–Crippen LogP) is 5.14. The van der Waals surface area contributed by atoms with E-state index in [1.54, 1.807) is 6.08 Å². The highest BCUT2D eigenvalue weighted by atomic mass is 19.1. The molecule has 0 aliphatic heterocycles. The van der Waals surface area contributed by atoms with Crippen molar-refractivity contribution in [3.05, 3.63) is 53.9 Å². The summed E-state index contributed by atoms with van der Waals surface area (Å²) < 4.78 is 13.3. The molecule has 0 atom stereocenters. The molecule has 0 N–H and O–H groups in total. The summed E-state index contributed by atoms with van der Waals surface area (Å²) in [5, 5.41) is 0. The lowest BCUT2D eigenvalue weighted by atomic mass is 10.2. The second-order valence-electron chi connectivity index (χ2n) is 4.04. The van der Waals surface area contributed by atoms with E-state index in [-0.39, 0.29) is 5.83 Å². The molecule has 0 saturated carbocycles. The van der Waals surface area contributed by atoms with Crippen LogP contribution >= 0.6 is 0 Å². The summed E-state index contributed by atoms with van der Waals surface area (Å²) in [5.41, 5.74) is 1.05. The Balaban J connectivity index is 2.39. The minimum absolute atomic E-state index is 0.376. The van der Waals surface area contributed by atoms with Crippen LogP contribution in [0.25, 0.3) is 6.08 Å². The minimum Gasteiger partial charge on any atom is -0.197 e. The molecule has 0 nitrogen and oxygen atoms in total. The topological polar surface area (TPSA) is 0 Å². The highest BCUT2D eigenvalue weighted by Gasteiger charge is 1.85. The van der Waals surface area contributed by atoms with Crippen LogP contribution in [0.1, 0.15) is 38.2 Å². The van der Waals surface area contributed by atoms with E-state index in [2.05, 4.69) is 18.8 Å². The SMILES string of the molecule is CCCCCC#C/C(F)=C/C=C/c1ccccc1. The van der Waals surface area contributed by atoms with Crippen LogP contribution in [0, 0.1) is 11.8 Å². The molecule has 0 aromatic heterocycles. The summed E-state index contributed by atoms with van der Waals surface area (Å²) in [6.07, 6.45) is 9.10. The molecular formula is C17H19F. The molecule has 0 fully saturated rings. The Morgan fingerprint density at radius 3 is 2.72 bits per heavy atom. The molecule has 0 aliphatic rings. The maximum atomic E-state index is 13.3. The van der Waals surface area contributed by atoms with Gasteiger partial charge in [-0.05, 0) is 24.0 Å². The maximum absolute atomic E-state index is 13.3. The summed E-state index contributed by atoms with van der Waals surface area (Å²) in [7, 11) is 0. The summed E-state index contributed by atoms with van der Waals surface area (Å²) in [6.45, 7) is 2.14. The van der Waals surface area contributed by atoms with Crippen LogP contribution in [0.4, 0.5) is 4.39 Å². The normalized spacial score (nSPS) is 11.3. The van der Waals surface area contributed by atoms with Gasteiger partial charge in [-0.1, -0.05) is 68.2 Å². The molecule has 0 bridgehead atoms. The van der Waals surface area contributed by atoms with Crippen molar-refractivity contribution in [3.8, 4) is 11.8 Å². The Morgan fingerprint density at radius 2 is 2.00 bits per heavy atom. The second-order valence-corrected chi connectivity index (χ2v) is 4.04. The Kier molecular flexibility index (Phi) is 7.32. The monoisotopic (exact) mass is 242 g/mol. The third-order valence-corrected chi connectivity index (χ3v) is 2.44. The van der Waals surface area contributed by atoms with E-state index in [0.29, 0.717) is 0 Å². The number of allylic oxidation sites excluding steroid dienone is 3. The number of halogens is 1. The molecule has 0 heterocycles. The molecule has 18 heavy (non-hydrogen) atoms. The van der Waals surface area contributed by atoms with Gasteiger partial charge in [-0.2, -0.15) is 4.39 Å². The van der Waals surface area contributed by atoms with Crippen molar-refractivity contribution in [1.82, 2.24) is 0 Å². The molecule has 0 aliphatic carbocycles. The van der Waals surface area contributed by atoms with Crippen LogP contribution in [-0.2, 0) is 0 Å². The van der Waals surface area contributed by atoms with Gasteiger partial charge in [0.2, 0.25) is 0 Å². The van der Waals surface area contributed by atoms with E-state index in [1.807, 2.05) is 36.4 Å². The highest BCUT2D eigenvalue weighted by molar-refractivity contribution is 5.51. The van der Waals surface area contributed by atoms with Gasteiger partial charge in [0, 0.05) is 6.42 Å². The molecule has 94 valence electrons. The Bertz CT molecular complexity index is 443. The van der Waals surface area contributed by atoms with Crippen LogP contribution < -0.4 is 0 Å². The Morgan fingerprint density at radius 1 is 1.22 bits per heavy atom. The first kappa shape index (κ1) is 14.3. The molecule has 1 rings (SSSR count). The van der Waals surface area contributed by atoms with Gasteiger partial charge in [0.25, 0.3) is 0 Å². The van der Waals surface area contributed by atoms with Gasteiger partial charge in [-0.3, -0.25) is 0 Å². The maximum Gasteiger partial charge on any atom is 0.173 e. The number of hydrogen-bond donors (Lipinski definition) is 0. The van der Waals surface area contributed by atoms with Gasteiger partial charge in [0.1, 0.15) is 0 Å². The van der Waals surface area contributed by atoms with E-state index >= 15 is 0 Å². The van der Waals surface area contributed by atoms with Gasteiger partial charge in [0.15, 0.2) is 5.83 Å². The quantitative estimate of drug-likeness (QED) is 0.381. The summed E-state index contributed by atoms with van der Waals surface area (Å²) in [5.74, 6) is 4.99. The van der Waals surface area contributed by atoms with Crippen molar-refractivity contribution >= 4 is 6.08 Å². The van der Waals surface area contributed by atoms with Gasteiger partial charge < -0.3 is 0 Å². The predicted molar refractivity (Wildman–Crippen MR) is 76.6 cm³/mol. The second kappa shape index (κ2) is 9.24. The average Bonchev–Trinajstić information content (AvgIpc) is 2.40. The molecule has 1 aromatic carbocycles. The lowest BCUT2D eigenvalue weighted by Gasteiger charge is -1.89. The molecule has 0 spiro atoms. The highest BCUT2D eigenvalue weighted by Crippen LogP contribution is 2.03. The first-order valence-electron chi connectivity index (χ1n) is 6.40. The lowest BCUT2D eigenvalue weighted by molar-refractivity contribution is 0.675. The average molecular weight is 242 g/mol. The lowest BCUT2D eigenvalue weighted by Crippen LogP contribution is -1.72. The van der Waals surface area contributed by atoms with Gasteiger partial charge >= 0.3 is 0 Å². The third kappa shape index (κ3) is 6.70. The fourth-order valence-corrected chi connectivity index (χ4v) is 1.46. The van der Waals surface area contributed by atoms with E-state index in [0.717, 1.165) is 24.8 Å². The number of benzene rings is 1. The smallest absolute Gasteiger partial charge is 0.173 e. The van der Waals surface area contributed by atoms with Crippen LogP contribution in [0.3, 0.4) is 0 Å². The van der Waals surface area contributed by atoms with Crippen LogP contribution in [0.5, 0.6) is 0 Å². The summed E-state index contributed by atoms with van der Waals surface area (Å²) in [6, 6.07) is 9.80. The van der Waals surface area contributed by atoms with Crippen molar-refractivity contribution in [2.24, 2.45) is 0 Å². The zero-order chi connectivity index (χ0) is 13.1. The summed E-state index contributed by atoms with van der Waals surface area (Å²) >= 11 is 0. The van der Waals surface area contributed by atoms with E-state index < -0.39 is 0 Å². The molecule has 0 radical (unpaired) electrons. The molecule has 0 unspecified atom stereocenters. The van der Waals surface area contributed by atoms with Crippen molar-refractivity contribution in [3.63, 3.8) is 0 Å². The number of unbranched alkanes of at least 4 members (excludes halogenated alkanes) is 3. The number of hydrogen-bond acceptors (Lipinski definition) is 0. The van der Waals surface area contributed by atoms with E-state index in [4.69, 9.17) is 0 Å². The zero-order valence-corrected chi connectivity index (χ0v) is 10.8. The van der Waals surface area contributed by atoms with Crippen molar-refractivity contribution in [2.45, 2.75) is 32.6 Å². The van der Waals surface area contributed by atoms with Crippen molar-refractivity contribution in [1.29, 1.82) is 0 Å². The van der Waals surface area contributed by atoms with E-state index in [9.17, 15) is 4.39 Å². The van der Waals surface area contributed by atoms with E-state index in [1.165, 1.54) is 12.5 Å². The van der Waals surface area contributed by atoms with Gasteiger partial charge in [0.05, 0.1) is 0 Å². The Hall–Kier alpha value is -1.81. The molecule has 1 aromatic rings. The molecular weight excluding hydrogens is 223 g/mol. The molecule has 1 heteroatoms. The fraction of sp³-hybridized carbons (Fsp3) is 0.294. The molecule has 0 amide bonds. The van der Waals surface area contributed by atoms with Gasteiger partial charge in [-0.25, -0.2) is 0 Å². The standard InChI is InChI=1S/C17H19F/c1-2-3-4-5-9-14-17(18)15-10-13-16-11-7-6-8-12-16/h6-8,10-13,15H,2-5H2,1H3/b13-10+,17-15-. The summed E-state index contributed by atoms with van der Waals surface area (Å²) in [4.78, 5) is 0. The van der Waals surface area contributed by atoms with Crippen LogP contribution in [0.2, 0.25) is 0 Å². The number of rotatable bonds is 5.